The van der Waals surface area contributed by atoms with Crippen LogP contribution in [0.25, 0.3) is 11.6 Å². The highest BCUT2D eigenvalue weighted by Gasteiger charge is 2.15. The molecule has 1 aliphatic carbocycles. The van der Waals surface area contributed by atoms with Gasteiger partial charge in [-0.1, -0.05) is 18.2 Å². The van der Waals surface area contributed by atoms with E-state index >= 15 is 0 Å². The van der Waals surface area contributed by atoms with Gasteiger partial charge in [-0.15, -0.1) is 0 Å². The number of fused-ring (bicyclic) bond motifs is 1. The molecule has 0 spiro atoms. The molecule has 0 bridgehead atoms. The Morgan fingerprint density at radius 3 is 2.71 bits per heavy atom. The minimum Gasteiger partial charge on any atom is -0.228 e. The van der Waals surface area contributed by atoms with Gasteiger partial charge < -0.3 is 0 Å². The second kappa shape index (κ2) is 4.22. The minimum absolute atomic E-state index is 0.413. The highest BCUT2D eigenvalue weighted by Crippen LogP contribution is 2.31. The van der Waals surface area contributed by atoms with Gasteiger partial charge in [-0.05, 0) is 57.0 Å². The maximum Gasteiger partial charge on any atom is 0.213 e. The van der Waals surface area contributed by atoms with E-state index in [4.69, 9.17) is 0 Å². The lowest BCUT2D eigenvalue weighted by Crippen LogP contribution is -1.89. The standard InChI is InChI=1S/C14H9FIN/c15-14-7-11-5-10(6-12(11)8-17-14)9-1-3-13(16)4-2-9/h1-5,7-8H,6H2. The third-order valence-corrected chi connectivity index (χ3v) is 3.63. The van der Waals surface area contributed by atoms with Crippen LogP contribution in [0, 0.1) is 9.52 Å². The Morgan fingerprint density at radius 2 is 1.94 bits per heavy atom. The van der Waals surface area contributed by atoms with Gasteiger partial charge in [0, 0.05) is 22.3 Å². The summed E-state index contributed by atoms with van der Waals surface area (Å²) in [7, 11) is 0. The van der Waals surface area contributed by atoms with Crippen LogP contribution in [-0.2, 0) is 6.42 Å². The monoisotopic (exact) mass is 337 g/mol. The quantitative estimate of drug-likeness (QED) is 0.568. The normalized spacial score (nSPS) is 13.4. The molecule has 3 heteroatoms. The maximum atomic E-state index is 13.0. The number of halogens is 2. The molecule has 84 valence electrons. The molecule has 1 aliphatic rings. The lowest BCUT2D eigenvalue weighted by atomic mass is 10.0. The van der Waals surface area contributed by atoms with Gasteiger partial charge in [0.15, 0.2) is 0 Å². The molecule has 0 aliphatic heterocycles. The summed E-state index contributed by atoms with van der Waals surface area (Å²) < 4.78 is 14.2. The van der Waals surface area contributed by atoms with Crippen molar-refractivity contribution in [3.63, 3.8) is 0 Å². The molecule has 1 heterocycles. The molecule has 3 rings (SSSR count). The van der Waals surface area contributed by atoms with Crippen LogP contribution in [0.2, 0.25) is 0 Å². The maximum absolute atomic E-state index is 13.0. The van der Waals surface area contributed by atoms with Crippen LogP contribution < -0.4 is 0 Å². The summed E-state index contributed by atoms with van der Waals surface area (Å²) in [5.74, 6) is -0.413. The van der Waals surface area contributed by atoms with E-state index in [1.807, 2.05) is 6.08 Å². The largest absolute Gasteiger partial charge is 0.228 e. The average Bonchev–Trinajstić information content (AvgIpc) is 2.72. The van der Waals surface area contributed by atoms with E-state index in [-0.39, 0.29) is 0 Å². The second-order valence-corrected chi connectivity index (χ2v) is 5.30. The summed E-state index contributed by atoms with van der Waals surface area (Å²) in [6, 6.07) is 9.86. The van der Waals surface area contributed by atoms with Crippen LogP contribution >= 0.6 is 22.6 Å². The van der Waals surface area contributed by atoms with E-state index in [2.05, 4.69) is 51.8 Å². The summed E-state index contributed by atoms with van der Waals surface area (Å²) in [6.07, 6.45) is 4.51. The number of pyridine rings is 1. The van der Waals surface area contributed by atoms with Crippen molar-refractivity contribution in [3.05, 3.63) is 62.7 Å². The highest BCUT2D eigenvalue weighted by atomic mass is 127. The Hall–Kier alpha value is -1.23. The van der Waals surface area contributed by atoms with E-state index in [0.717, 1.165) is 17.5 Å². The van der Waals surface area contributed by atoms with Crippen molar-refractivity contribution in [2.75, 3.05) is 0 Å². The molecule has 0 amide bonds. The molecule has 0 radical (unpaired) electrons. The zero-order valence-corrected chi connectivity index (χ0v) is 11.1. The van der Waals surface area contributed by atoms with Gasteiger partial charge in [0.25, 0.3) is 0 Å². The predicted octanol–water partition coefficient (Wildman–Crippen LogP) is 3.92. The van der Waals surface area contributed by atoms with Crippen LogP contribution in [0.4, 0.5) is 4.39 Å². The summed E-state index contributed by atoms with van der Waals surface area (Å²) in [5.41, 5.74) is 4.47. The molecule has 0 fully saturated rings. The second-order valence-electron chi connectivity index (χ2n) is 4.06. The molecule has 1 aromatic carbocycles. The number of aromatic nitrogens is 1. The van der Waals surface area contributed by atoms with Crippen molar-refractivity contribution in [1.82, 2.24) is 4.98 Å². The Morgan fingerprint density at radius 1 is 1.18 bits per heavy atom. The molecule has 0 atom stereocenters. The van der Waals surface area contributed by atoms with Crippen molar-refractivity contribution in [3.8, 4) is 0 Å². The lowest BCUT2D eigenvalue weighted by molar-refractivity contribution is 0.582. The average molecular weight is 337 g/mol. The number of nitrogens with zero attached hydrogens (tertiary/aromatic N) is 1. The molecule has 1 nitrogen and oxygen atoms in total. The van der Waals surface area contributed by atoms with Crippen molar-refractivity contribution < 1.29 is 4.39 Å². The predicted molar refractivity (Wildman–Crippen MR) is 74.9 cm³/mol. The van der Waals surface area contributed by atoms with E-state index in [9.17, 15) is 4.39 Å². The first kappa shape index (κ1) is 10.9. The van der Waals surface area contributed by atoms with Gasteiger partial charge in [-0.3, -0.25) is 0 Å². The molecule has 0 N–H and O–H groups in total. The topological polar surface area (TPSA) is 12.9 Å². The van der Waals surface area contributed by atoms with Crippen molar-refractivity contribution >= 4 is 34.2 Å². The lowest BCUT2D eigenvalue weighted by Gasteiger charge is -2.02. The smallest absolute Gasteiger partial charge is 0.213 e. The third kappa shape index (κ3) is 2.11. The van der Waals surface area contributed by atoms with Crippen LogP contribution in [0.3, 0.4) is 0 Å². The Labute approximate surface area is 113 Å². The third-order valence-electron chi connectivity index (χ3n) is 2.91. The Balaban J connectivity index is 1.99. The first-order chi connectivity index (χ1) is 8.22. The van der Waals surface area contributed by atoms with Gasteiger partial charge in [-0.25, -0.2) is 4.98 Å². The van der Waals surface area contributed by atoms with Crippen LogP contribution in [-0.4, -0.2) is 4.98 Å². The number of hydrogen-bond donors (Lipinski definition) is 0. The van der Waals surface area contributed by atoms with Crippen molar-refractivity contribution in [2.45, 2.75) is 6.42 Å². The van der Waals surface area contributed by atoms with Gasteiger partial charge in [-0.2, -0.15) is 4.39 Å². The fraction of sp³-hybridized carbons (Fsp3) is 0.0714. The SMILES string of the molecule is Fc1cc2c(cn1)CC(c1ccc(I)cc1)=C2. The van der Waals surface area contributed by atoms with E-state index in [0.29, 0.717) is 0 Å². The number of hydrogen-bond acceptors (Lipinski definition) is 1. The van der Waals surface area contributed by atoms with Crippen LogP contribution in [0.1, 0.15) is 16.7 Å². The molecular formula is C14H9FIN. The molecule has 1 aromatic heterocycles. The fourth-order valence-electron chi connectivity index (χ4n) is 2.05. The zero-order chi connectivity index (χ0) is 11.8. The molecular weight excluding hydrogens is 328 g/mol. The zero-order valence-electron chi connectivity index (χ0n) is 8.95. The number of rotatable bonds is 1. The molecule has 0 saturated heterocycles. The molecule has 0 saturated carbocycles. The number of allylic oxidation sites excluding steroid dienone is 1. The van der Waals surface area contributed by atoms with Gasteiger partial charge in [0.05, 0.1) is 0 Å². The summed E-state index contributed by atoms with van der Waals surface area (Å²) in [6.45, 7) is 0. The van der Waals surface area contributed by atoms with E-state index < -0.39 is 5.95 Å². The number of benzene rings is 1. The summed E-state index contributed by atoms with van der Waals surface area (Å²) >= 11 is 2.29. The van der Waals surface area contributed by atoms with Gasteiger partial charge in [0.1, 0.15) is 0 Å². The van der Waals surface area contributed by atoms with E-state index in [1.54, 1.807) is 6.20 Å². The minimum atomic E-state index is -0.413. The molecule has 2 aromatic rings. The molecule has 17 heavy (non-hydrogen) atoms. The first-order valence-electron chi connectivity index (χ1n) is 5.33. The van der Waals surface area contributed by atoms with Crippen molar-refractivity contribution in [1.29, 1.82) is 0 Å². The summed E-state index contributed by atoms with van der Waals surface area (Å²) in [4.78, 5) is 3.69. The summed E-state index contributed by atoms with van der Waals surface area (Å²) in [5, 5.41) is 0. The Kier molecular flexibility index (Phi) is 2.70. The van der Waals surface area contributed by atoms with Crippen molar-refractivity contribution in [2.24, 2.45) is 0 Å². The van der Waals surface area contributed by atoms with Crippen LogP contribution in [0.5, 0.6) is 0 Å². The van der Waals surface area contributed by atoms with Gasteiger partial charge >= 0.3 is 0 Å². The van der Waals surface area contributed by atoms with E-state index in [1.165, 1.54) is 20.8 Å². The highest BCUT2D eigenvalue weighted by molar-refractivity contribution is 14.1. The molecule has 0 unspecified atom stereocenters. The fourth-order valence-corrected chi connectivity index (χ4v) is 2.41. The first-order valence-corrected chi connectivity index (χ1v) is 6.41. The van der Waals surface area contributed by atoms with Crippen LogP contribution in [0.15, 0.2) is 36.5 Å². The Bertz CT molecular complexity index is 602. The van der Waals surface area contributed by atoms with Gasteiger partial charge in [0.2, 0.25) is 5.95 Å².